The zero-order valence-electron chi connectivity index (χ0n) is 21.7. The number of fused-ring (bicyclic) bond motifs is 1. The molecule has 8 nitrogen and oxygen atoms in total. The van der Waals surface area contributed by atoms with Crippen LogP contribution < -0.4 is 5.56 Å². The van der Waals surface area contributed by atoms with Crippen LogP contribution in [-0.4, -0.2) is 61.2 Å². The van der Waals surface area contributed by atoms with Crippen LogP contribution in [0.2, 0.25) is 0 Å². The van der Waals surface area contributed by atoms with Gasteiger partial charge in [-0.2, -0.15) is 0 Å². The first kappa shape index (κ1) is 24.0. The predicted octanol–water partition coefficient (Wildman–Crippen LogP) is 4.15. The topological polar surface area (TPSA) is 82.9 Å². The molecule has 1 saturated heterocycles. The molecule has 3 heterocycles. The molecule has 192 valence electrons. The number of pyridine rings is 1. The molecule has 1 N–H and O–H groups in total. The van der Waals surface area contributed by atoms with Crippen molar-refractivity contribution in [1.82, 2.24) is 35.0 Å². The van der Waals surface area contributed by atoms with Gasteiger partial charge in [-0.15, -0.1) is 5.10 Å². The van der Waals surface area contributed by atoms with Crippen molar-refractivity contribution in [2.45, 2.75) is 58.2 Å². The quantitative estimate of drug-likeness (QED) is 0.431. The Balaban J connectivity index is 1.36. The standard InChI is InChI=1S/C29H35N7O/c1-20-12-13-23-18-25(29(37)30-26(23)21(20)2)27(28-31-32-33-36(28)24-10-6-7-11-24)35-16-14-34(15-17-35)19-22-8-4-3-5-9-22/h3-5,8-9,12-13,18,24,27H,6-7,10-11,14-17,19H2,1-2H3,(H,30,37). The third-order valence-electron chi connectivity index (χ3n) is 8.33. The maximum absolute atomic E-state index is 13.6. The number of nitrogens with zero attached hydrogens (tertiary/aromatic N) is 6. The van der Waals surface area contributed by atoms with Crippen molar-refractivity contribution in [3.05, 3.63) is 87.0 Å². The summed E-state index contributed by atoms with van der Waals surface area (Å²) in [6, 6.07) is 16.9. The maximum atomic E-state index is 13.6. The van der Waals surface area contributed by atoms with Crippen LogP contribution in [0.25, 0.3) is 10.9 Å². The summed E-state index contributed by atoms with van der Waals surface area (Å²) in [4.78, 5) is 21.7. The lowest BCUT2D eigenvalue weighted by Gasteiger charge is -2.39. The molecule has 1 aliphatic heterocycles. The Labute approximate surface area is 217 Å². The molecule has 0 bridgehead atoms. The van der Waals surface area contributed by atoms with Gasteiger partial charge in [0.25, 0.3) is 5.56 Å². The maximum Gasteiger partial charge on any atom is 0.253 e. The molecule has 0 radical (unpaired) electrons. The zero-order chi connectivity index (χ0) is 25.4. The number of hydrogen-bond donors (Lipinski definition) is 1. The van der Waals surface area contributed by atoms with Crippen molar-refractivity contribution in [3.63, 3.8) is 0 Å². The number of tetrazole rings is 1. The second kappa shape index (κ2) is 10.2. The molecule has 1 atom stereocenters. The molecule has 8 heteroatoms. The van der Waals surface area contributed by atoms with Gasteiger partial charge in [-0.05, 0) is 65.3 Å². The van der Waals surface area contributed by atoms with Crippen molar-refractivity contribution >= 4 is 10.9 Å². The van der Waals surface area contributed by atoms with E-state index in [-0.39, 0.29) is 11.6 Å². The number of nitrogens with one attached hydrogen (secondary N) is 1. The monoisotopic (exact) mass is 497 g/mol. The molecule has 0 amide bonds. The minimum Gasteiger partial charge on any atom is -0.321 e. The van der Waals surface area contributed by atoms with Gasteiger partial charge in [0.15, 0.2) is 5.82 Å². The third-order valence-corrected chi connectivity index (χ3v) is 8.33. The fourth-order valence-electron chi connectivity index (χ4n) is 6.05. The summed E-state index contributed by atoms with van der Waals surface area (Å²) in [7, 11) is 0. The molecule has 2 aromatic heterocycles. The van der Waals surface area contributed by atoms with Gasteiger partial charge in [0.05, 0.1) is 11.6 Å². The molecule has 2 aromatic carbocycles. The average Bonchev–Trinajstić information content (AvgIpc) is 3.61. The Kier molecular flexibility index (Phi) is 6.61. The van der Waals surface area contributed by atoms with E-state index in [1.54, 1.807) is 0 Å². The van der Waals surface area contributed by atoms with Crippen molar-refractivity contribution in [2.75, 3.05) is 26.2 Å². The molecule has 2 fully saturated rings. The van der Waals surface area contributed by atoms with E-state index < -0.39 is 0 Å². The lowest BCUT2D eigenvalue weighted by atomic mass is 9.99. The number of benzene rings is 2. The third kappa shape index (κ3) is 4.71. The molecular formula is C29H35N7O. The van der Waals surface area contributed by atoms with Gasteiger partial charge in [0.2, 0.25) is 0 Å². The fraction of sp³-hybridized carbons (Fsp3) is 0.448. The normalized spacial score (nSPS) is 18.5. The Morgan fingerprint density at radius 3 is 2.51 bits per heavy atom. The summed E-state index contributed by atoms with van der Waals surface area (Å²) < 4.78 is 2.01. The second-order valence-electron chi connectivity index (χ2n) is 10.6. The molecule has 1 saturated carbocycles. The minimum absolute atomic E-state index is 0.0566. The summed E-state index contributed by atoms with van der Waals surface area (Å²) in [5.74, 6) is 0.789. The zero-order valence-corrected chi connectivity index (χ0v) is 21.7. The van der Waals surface area contributed by atoms with Gasteiger partial charge in [0.1, 0.15) is 6.04 Å². The number of rotatable bonds is 6. The average molecular weight is 498 g/mol. The summed E-state index contributed by atoms with van der Waals surface area (Å²) in [6.07, 6.45) is 4.56. The molecule has 1 unspecified atom stereocenters. The van der Waals surface area contributed by atoms with E-state index in [0.29, 0.717) is 6.04 Å². The van der Waals surface area contributed by atoms with Gasteiger partial charge >= 0.3 is 0 Å². The number of aromatic amines is 1. The molecular weight excluding hydrogens is 462 g/mol. The van der Waals surface area contributed by atoms with E-state index in [4.69, 9.17) is 0 Å². The van der Waals surface area contributed by atoms with E-state index in [1.807, 2.05) is 4.68 Å². The highest BCUT2D eigenvalue weighted by Gasteiger charge is 2.34. The van der Waals surface area contributed by atoms with Gasteiger partial charge in [-0.1, -0.05) is 55.3 Å². The van der Waals surface area contributed by atoms with Crippen molar-refractivity contribution in [1.29, 1.82) is 0 Å². The van der Waals surface area contributed by atoms with Crippen LogP contribution >= 0.6 is 0 Å². The van der Waals surface area contributed by atoms with Crippen LogP contribution in [-0.2, 0) is 6.54 Å². The van der Waals surface area contributed by atoms with Gasteiger partial charge in [-0.25, -0.2) is 4.68 Å². The number of aryl methyl sites for hydroxylation is 2. The summed E-state index contributed by atoms with van der Waals surface area (Å²) in [5, 5.41) is 14.1. The number of H-pyrrole nitrogens is 1. The molecule has 6 rings (SSSR count). The fourth-order valence-corrected chi connectivity index (χ4v) is 6.05. The first-order valence-electron chi connectivity index (χ1n) is 13.5. The van der Waals surface area contributed by atoms with Crippen molar-refractivity contribution in [3.8, 4) is 0 Å². The Hall–Kier alpha value is -3.36. The molecule has 1 aliphatic carbocycles. The molecule has 4 aromatic rings. The smallest absolute Gasteiger partial charge is 0.253 e. The van der Waals surface area contributed by atoms with Crippen molar-refractivity contribution in [2.24, 2.45) is 0 Å². The van der Waals surface area contributed by atoms with Gasteiger partial charge in [-0.3, -0.25) is 14.6 Å². The molecule has 0 spiro atoms. The Morgan fingerprint density at radius 1 is 1.00 bits per heavy atom. The van der Waals surface area contributed by atoms with Gasteiger partial charge < -0.3 is 4.98 Å². The predicted molar refractivity (Wildman–Crippen MR) is 144 cm³/mol. The van der Waals surface area contributed by atoms with E-state index in [9.17, 15) is 4.79 Å². The first-order valence-corrected chi connectivity index (χ1v) is 13.5. The highest BCUT2D eigenvalue weighted by Crippen LogP contribution is 2.34. The van der Waals surface area contributed by atoms with Crippen LogP contribution in [0.5, 0.6) is 0 Å². The minimum atomic E-state index is -0.288. The highest BCUT2D eigenvalue weighted by molar-refractivity contribution is 5.83. The largest absolute Gasteiger partial charge is 0.321 e. The molecule has 2 aliphatic rings. The molecule has 37 heavy (non-hydrogen) atoms. The lowest BCUT2D eigenvalue weighted by Crippen LogP contribution is -2.48. The van der Waals surface area contributed by atoms with E-state index in [1.165, 1.54) is 24.0 Å². The first-order chi connectivity index (χ1) is 18.1. The number of aromatic nitrogens is 5. The Morgan fingerprint density at radius 2 is 1.76 bits per heavy atom. The van der Waals surface area contributed by atoms with E-state index in [2.05, 4.69) is 92.7 Å². The van der Waals surface area contributed by atoms with Crippen LogP contribution in [0.1, 0.15) is 65.8 Å². The number of hydrogen-bond acceptors (Lipinski definition) is 6. The highest BCUT2D eigenvalue weighted by atomic mass is 16.1. The van der Waals surface area contributed by atoms with Crippen LogP contribution in [0, 0.1) is 13.8 Å². The summed E-state index contributed by atoms with van der Waals surface area (Å²) in [5.41, 5.74) is 5.19. The summed E-state index contributed by atoms with van der Waals surface area (Å²) in [6.45, 7) is 8.64. The second-order valence-corrected chi connectivity index (χ2v) is 10.6. The lowest BCUT2D eigenvalue weighted by molar-refractivity contribution is 0.0989. The van der Waals surface area contributed by atoms with E-state index in [0.717, 1.165) is 73.4 Å². The van der Waals surface area contributed by atoms with Crippen LogP contribution in [0.15, 0.2) is 53.3 Å². The van der Waals surface area contributed by atoms with Crippen molar-refractivity contribution < 1.29 is 0 Å². The Bertz CT molecular complexity index is 1430. The van der Waals surface area contributed by atoms with Crippen LogP contribution in [0.4, 0.5) is 0 Å². The van der Waals surface area contributed by atoms with E-state index >= 15 is 0 Å². The SMILES string of the molecule is Cc1ccc2cc(C(c3nnnn3C3CCCC3)N3CCN(Cc4ccccc4)CC3)c(=O)[nH]c2c1C. The van der Waals surface area contributed by atoms with Gasteiger partial charge in [0, 0.05) is 38.3 Å². The number of piperazine rings is 1. The van der Waals surface area contributed by atoms with Crippen LogP contribution in [0.3, 0.4) is 0 Å². The summed E-state index contributed by atoms with van der Waals surface area (Å²) >= 11 is 0.